The highest BCUT2D eigenvalue weighted by atomic mass is 16.6. The zero-order valence-electron chi connectivity index (χ0n) is 15.6. The molecule has 0 aromatic heterocycles. The molecule has 0 aliphatic carbocycles. The fourth-order valence-electron chi connectivity index (χ4n) is 2.94. The first-order valence-corrected chi connectivity index (χ1v) is 8.61. The predicted molar refractivity (Wildman–Crippen MR) is 93.9 cm³/mol. The fraction of sp³-hybridized carbons (Fsp3) is 0.579. The Morgan fingerprint density at radius 1 is 1.28 bits per heavy atom. The number of carbonyl (C=O) groups is 2. The number of nitrogens with zero attached hydrogens (tertiary/aromatic N) is 1. The zero-order valence-corrected chi connectivity index (χ0v) is 15.6. The summed E-state index contributed by atoms with van der Waals surface area (Å²) in [4.78, 5) is 26.2. The number of esters is 1. The lowest BCUT2D eigenvalue weighted by Crippen LogP contribution is -2.36. The molecule has 1 aliphatic rings. The Morgan fingerprint density at radius 3 is 2.60 bits per heavy atom. The van der Waals surface area contributed by atoms with Crippen LogP contribution in [0.3, 0.4) is 0 Å². The average molecular weight is 349 g/mol. The molecule has 1 unspecified atom stereocenters. The first-order valence-electron chi connectivity index (χ1n) is 8.61. The molecular weight excluding hydrogens is 322 g/mol. The topological polar surface area (TPSA) is 65.1 Å². The highest BCUT2D eigenvalue weighted by Gasteiger charge is 2.33. The SMILES string of the molecule is CCOC(=O)c1ccc(C2CCCN2C(=O)OC(C)(C)C)cc1OC. The Kier molecular flexibility index (Phi) is 5.93. The quantitative estimate of drug-likeness (QED) is 0.770. The van der Waals surface area contributed by atoms with Crippen molar-refractivity contribution < 1.29 is 23.8 Å². The van der Waals surface area contributed by atoms with Crippen molar-refractivity contribution in [3.05, 3.63) is 29.3 Å². The largest absolute Gasteiger partial charge is 0.496 e. The molecule has 1 aromatic carbocycles. The van der Waals surface area contributed by atoms with E-state index in [-0.39, 0.29) is 12.1 Å². The van der Waals surface area contributed by atoms with Crippen LogP contribution < -0.4 is 4.74 Å². The van der Waals surface area contributed by atoms with Crippen LogP contribution in [0, 0.1) is 0 Å². The van der Waals surface area contributed by atoms with E-state index in [1.54, 1.807) is 24.0 Å². The minimum Gasteiger partial charge on any atom is -0.496 e. The second-order valence-corrected chi connectivity index (χ2v) is 7.01. The molecule has 138 valence electrons. The van der Waals surface area contributed by atoms with Crippen molar-refractivity contribution in [2.45, 2.75) is 52.2 Å². The fourth-order valence-corrected chi connectivity index (χ4v) is 2.94. The van der Waals surface area contributed by atoms with Gasteiger partial charge in [0.1, 0.15) is 16.9 Å². The molecule has 6 heteroatoms. The lowest BCUT2D eigenvalue weighted by atomic mass is 10.0. The summed E-state index contributed by atoms with van der Waals surface area (Å²) < 4.78 is 15.9. The van der Waals surface area contributed by atoms with Gasteiger partial charge in [-0.15, -0.1) is 0 Å². The number of rotatable bonds is 4. The molecular formula is C19H27NO5. The normalized spacial score (nSPS) is 17.3. The first kappa shape index (κ1) is 19.1. The summed E-state index contributed by atoms with van der Waals surface area (Å²) in [5.41, 5.74) is 0.776. The van der Waals surface area contributed by atoms with Crippen molar-refractivity contribution in [3.8, 4) is 5.75 Å². The number of carbonyl (C=O) groups excluding carboxylic acids is 2. The smallest absolute Gasteiger partial charge is 0.410 e. The van der Waals surface area contributed by atoms with Gasteiger partial charge in [-0.2, -0.15) is 0 Å². The Balaban J connectivity index is 2.25. The van der Waals surface area contributed by atoms with Crippen LogP contribution in [-0.4, -0.2) is 42.8 Å². The molecule has 1 aromatic rings. The highest BCUT2D eigenvalue weighted by Crippen LogP contribution is 2.35. The third-order valence-electron chi connectivity index (χ3n) is 3.99. The van der Waals surface area contributed by atoms with E-state index in [9.17, 15) is 9.59 Å². The van der Waals surface area contributed by atoms with Gasteiger partial charge in [-0.05, 0) is 58.2 Å². The Labute approximate surface area is 149 Å². The number of amides is 1. The van der Waals surface area contributed by atoms with Crippen LogP contribution in [0.15, 0.2) is 18.2 Å². The molecule has 0 N–H and O–H groups in total. The lowest BCUT2D eigenvalue weighted by Gasteiger charge is -2.29. The Morgan fingerprint density at radius 2 is 2.00 bits per heavy atom. The number of likely N-dealkylation sites (tertiary alicyclic amines) is 1. The van der Waals surface area contributed by atoms with E-state index < -0.39 is 11.6 Å². The van der Waals surface area contributed by atoms with Gasteiger partial charge in [0.15, 0.2) is 0 Å². The highest BCUT2D eigenvalue weighted by molar-refractivity contribution is 5.92. The molecule has 1 atom stereocenters. The van der Waals surface area contributed by atoms with Crippen LogP contribution in [-0.2, 0) is 9.47 Å². The van der Waals surface area contributed by atoms with Gasteiger partial charge in [0.05, 0.1) is 19.8 Å². The van der Waals surface area contributed by atoms with Crippen molar-refractivity contribution in [2.75, 3.05) is 20.3 Å². The minimum atomic E-state index is -0.532. The number of ether oxygens (including phenoxy) is 3. The van der Waals surface area contributed by atoms with E-state index in [1.165, 1.54) is 7.11 Å². The van der Waals surface area contributed by atoms with E-state index in [4.69, 9.17) is 14.2 Å². The van der Waals surface area contributed by atoms with Crippen molar-refractivity contribution >= 4 is 12.1 Å². The first-order chi connectivity index (χ1) is 11.8. The number of hydrogen-bond donors (Lipinski definition) is 0. The zero-order chi connectivity index (χ0) is 18.6. The average Bonchev–Trinajstić information content (AvgIpc) is 3.02. The molecule has 0 bridgehead atoms. The van der Waals surface area contributed by atoms with Crippen molar-refractivity contribution in [1.82, 2.24) is 4.90 Å². The van der Waals surface area contributed by atoms with Gasteiger partial charge in [0.2, 0.25) is 0 Å². The summed E-state index contributed by atoms with van der Waals surface area (Å²) in [7, 11) is 1.52. The molecule has 1 heterocycles. The molecule has 6 nitrogen and oxygen atoms in total. The summed E-state index contributed by atoms with van der Waals surface area (Å²) in [6.07, 6.45) is 1.44. The van der Waals surface area contributed by atoms with Crippen LogP contribution in [0.2, 0.25) is 0 Å². The molecule has 0 saturated carbocycles. The number of hydrogen-bond acceptors (Lipinski definition) is 5. The van der Waals surface area contributed by atoms with E-state index in [1.807, 2.05) is 26.8 Å². The maximum Gasteiger partial charge on any atom is 0.410 e. The van der Waals surface area contributed by atoms with Crippen LogP contribution in [0.1, 0.15) is 62.5 Å². The molecule has 0 radical (unpaired) electrons. The summed E-state index contributed by atoms with van der Waals surface area (Å²) in [6.45, 7) is 8.28. The maximum absolute atomic E-state index is 12.5. The van der Waals surface area contributed by atoms with Gasteiger partial charge in [0.25, 0.3) is 0 Å². The van der Waals surface area contributed by atoms with Gasteiger partial charge in [-0.1, -0.05) is 6.07 Å². The molecule has 1 amide bonds. The summed E-state index contributed by atoms with van der Waals surface area (Å²) >= 11 is 0. The summed E-state index contributed by atoms with van der Waals surface area (Å²) in [5.74, 6) is 0.0355. The van der Waals surface area contributed by atoms with E-state index in [0.29, 0.717) is 24.5 Å². The van der Waals surface area contributed by atoms with E-state index >= 15 is 0 Å². The van der Waals surface area contributed by atoms with Gasteiger partial charge in [-0.3, -0.25) is 0 Å². The van der Waals surface area contributed by atoms with Gasteiger partial charge >= 0.3 is 12.1 Å². The summed E-state index contributed by atoms with van der Waals surface area (Å²) in [6, 6.07) is 5.26. The molecule has 25 heavy (non-hydrogen) atoms. The molecule has 0 spiro atoms. The van der Waals surface area contributed by atoms with Crippen molar-refractivity contribution in [1.29, 1.82) is 0 Å². The number of methoxy groups -OCH3 is 1. The monoisotopic (exact) mass is 349 g/mol. The van der Waals surface area contributed by atoms with Crippen LogP contribution >= 0.6 is 0 Å². The molecule has 1 saturated heterocycles. The second-order valence-electron chi connectivity index (χ2n) is 7.01. The van der Waals surface area contributed by atoms with Crippen molar-refractivity contribution in [2.24, 2.45) is 0 Å². The van der Waals surface area contributed by atoms with Gasteiger partial charge < -0.3 is 19.1 Å². The standard InChI is InChI=1S/C19H27NO5/c1-6-24-17(21)14-10-9-13(12-16(14)23-5)15-8-7-11-20(15)18(22)25-19(2,3)4/h9-10,12,15H,6-8,11H2,1-5H3. The minimum absolute atomic E-state index is 0.0833. The third-order valence-corrected chi connectivity index (χ3v) is 3.99. The molecule has 1 aliphatic heterocycles. The van der Waals surface area contributed by atoms with E-state index in [2.05, 4.69) is 0 Å². The maximum atomic E-state index is 12.5. The number of benzene rings is 1. The predicted octanol–water partition coefficient (Wildman–Crippen LogP) is 3.94. The summed E-state index contributed by atoms with van der Waals surface area (Å²) in [5, 5.41) is 0. The third kappa shape index (κ3) is 4.65. The van der Waals surface area contributed by atoms with Crippen LogP contribution in [0.4, 0.5) is 4.79 Å². The second kappa shape index (κ2) is 7.76. The Bertz CT molecular complexity index is 635. The van der Waals surface area contributed by atoms with Crippen LogP contribution in [0.25, 0.3) is 0 Å². The van der Waals surface area contributed by atoms with Crippen molar-refractivity contribution in [3.63, 3.8) is 0 Å². The Hall–Kier alpha value is -2.24. The van der Waals surface area contributed by atoms with E-state index in [0.717, 1.165) is 18.4 Å². The molecule has 1 fully saturated rings. The lowest BCUT2D eigenvalue weighted by molar-refractivity contribution is 0.0223. The van der Waals surface area contributed by atoms with Gasteiger partial charge in [0, 0.05) is 6.54 Å². The van der Waals surface area contributed by atoms with Crippen LogP contribution in [0.5, 0.6) is 5.75 Å². The molecule has 2 rings (SSSR count). The van der Waals surface area contributed by atoms with Gasteiger partial charge in [-0.25, -0.2) is 9.59 Å².